The van der Waals surface area contributed by atoms with Crippen LogP contribution in [0, 0.1) is 39.9 Å². The molecule has 0 saturated heterocycles. The Hall–Kier alpha value is 1.05. The third-order valence-corrected chi connectivity index (χ3v) is 0. The van der Waals surface area contributed by atoms with Gasteiger partial charge in [0, 0.05) is 18.8 Å². The van der Waals surface area contributed by atoms with Gasteiger partial charge in [0.2, 0.25) is 0 Å². The zero-order valence-electron chi connectivity index (χ0n) is 8.25. The number of rotatable bonds is 0. The van der Waals surface area contributed by atoms with E-state index in [0.717, 1.165) is 0 Å². The molecule has 0 aromatic rings. The van der Waals surface area contributed by atoms with Gasteiger partial charge in [-0.15, -0.1) is 0 Å². The van der Waals surface area contributed by atoms with E-state index in [1.807, 2.05) is 0 Å². The molecule has 0 aliphatic heterocycles. The van der Waals surface area contributed by atoms with Crippen molar-refractivity contribution in [3.8, 4) is 0 Å². The largest absolute Gasteiger partial charge is 3.00 e. The molecule has 1 radical (unpaired) electrons. The molecule has 101 valence electrons. The predicted molar refractivity (Wildman–Crippen MR) is 46.9 cm³/mol. The van der Waals surface area contributed by atoms with Crippen LogP contribution in [0.2, 0.25) is 0 Å². The van der Waals surface area contributed by atoms with Gasteiger partial charge in [-0.1, -0.05) is 0 Å². The van der Waals surface area contributed by atoms with E-state index in [2.05, 4.69) is 0 Å². The molecule has 9 nitrogen and oxygen atoms in total. The molecule has 0 rings (SSSR count). The summed E-state index contributed by atoms with van der Waals surface area (Å²) in [6.45, 7) is 0. The summed E-state index contributed by atoms with van der Waals surface area (Å²) in [4.78, 5) is 0. The van der Waals surface area contributed by atoms with Gasteiger partial charge in [-0.05, 0) is 0 Å². The molecular weight excluding hydrogens is 433 g/mol. The fourth-order valence-electron chi connectivity index (χ4n) is 0. The van der Waals surface area contributed by atoms with Crippen LogP contribution in [0.4, 0.5) is 0 Å². The van der Waals surface area contributed by atoms with Crippen molar-refractivity contribution in [2.45, 2.75) is 0 Å². The molecule has 16 heavy (non-hydrogen) atoms. The molecule has 0 saturated carbocycles. The summed E-state index contributed by atoms with van der Waals surface area (Å²) >= 11 is 0. The maximum atomic E-state index is 9.08. The molecular formula is C3H9GdO9S3. The van der Waals surface area contributed by atoms with E-state index >= 15 is 0 Å². The van der Waals surface area contributed by atoms with Gasteiger partial charge in [-0.25, -0.2) is 25.3 Å². The van der Waals surface area contributed by atoms with Crippen LogP contribution in [-0.4, -0.2) is 57.7 Å². The van der Waals surface area contributed by atoms with Crippen molar-refractivity contribution in [3.05, 3.63) is 0 Å². The number of hydrogen-bond donors (Lipinski definition) is 0. The molecule has 0 aromatic carbocycles. The summed E-state index contributed by atoms with van der Waals surface area (Å²) in [5, 5.41) is 0. The molecule has 0 aliphatic rings. The quantitative estimate of drug-likeness (QED) is 0.367. The van der Waals surface area contributed by atoms with Gasteiger partial charge < -0.3 is 13.7 Å². The van der Waals surface area contributed by atoms with Crippen LogP contribution in [0.15, 0.2) is 0 Å². The van der Waals surface area contributed by atoms with Gasteiger partial charge in [0.05, 0.1) is 30.4 Å². The number of hydrogen-bond acceptors (Lipinski definition) is 9. The average molecular weight is 443 g/mol. The van der Waals surface area contributed by atoms with Crippen LogP contribution >= 0.6 is 0 Å². The minimum atomic E-state index is -3.92. The van der Waals surface area contributed by atoms with Gasteiger partial charge in [0.15, 0.2) is 0 Å². The predicted octanol–water partition coefficient (Wildman–Crippen LogP) is -2.52. The van der Waals surface area contributed by atoms with Crippen LogP contribution in [0.3, 0.4) is 0 Å². The molecule has 0 spiro atoms. The van der Waals surface area contributed by atoms with Crippen LogP contribution in [0.1, 0.15) is 0 Å². The molecule has 0 amide bonds. The third kappa shape index (κ3) is 2670. The average Bonchev–Trinajstić information content (AvgIpc) is 1.41. The topological polar surface area (TPSA) is 172 Å². The Morgan fingerprint density at radius 1 is 0.562 bits per heavy atom. The fraction of sp³-hybridized carbons (Fsp3) is 1.00. The summed E-state index contributed by atoms with van der Waals surface area (Å²) in [5.41, 5.74) is 0. The summed E-state index contributed by atoms with van der Waals surface area (Å²) in [6.07, 6.45) is 1.81. The summed E-state index contributed by atoms with van der Waals surface area (Å²) < 4.78 is 81.7. The first kappa shape index (κ1) is 25.8. The second-order valence-corrected chi connectivity index (χ2v) is 6.34. The molecule has 0 aromatic heterocycles. The Morgan fingerprint density at radius 2 is 0.562 bits per heavy atom. The van der Waals surface area contributed by atoms with E-state index in [1.54, 1.807) is 0 Å². The molecule has 0 aliphatic carbocycles. The Balaban J connectivity index is -0.0000000655. The minimum absolute atomic E-state index is 0. The summed E-state index contributed by atoms with van der Waals surface area (Å²) in [5.74, 6) is 0. The van der Waals surface area contributed by atoms with Gasteiger partial charge in [0.1, 0.15) is 0 Å². The van der Waals surface area contributed by atoms with Gasteiger partial charge in [-0.3, -0.25) is 0 Å². The molecule has 0 fully saturated rings. The zero-order chi connectivity index (χ0) is 13.5. The van der Waals surface area contributed by atoms with Crippen LogP contribution < -0.4 is 0 Å². The Bertz CT molecular complexity index is 347. The molecule has 0 heterocycles. The molecule has 13 heteroatoms. The molecule has 0 bridgehead atoms. The molecule has 0 atom stereocenters. The summed E-state index contributed by atoms with van der Waals surface area (Å²) in [6, 6.07) is 0. The second kappa shape index (κ2) is 10.0. The van der Waals surface area contributed by atoms with E-state index in [1.165, 1.54) is 0 Å². The minimum Gasteiger partial charge on any atom is -0.748 e. The van der Waals surface area contributed by atoms with E-state index < -0.39 is 30.4 Å². The van der Waals surface area contributed by atoms with Gasteiger partial charge in [0.25, 0.3) is 0 Å². The van der Waals surface area contributed by atoms with Crippen molar-refractivity contribution >= 4 is 30.4 Å². The first-order valence-electron chi connectivity index (χ1n) is 2.72. The van der Waals surface area contributed by atoms with Gasteiger partial charge >= 0.3 is 39.9 Å². The van der Waals surface area contributed by atoms with Crippen molar-refractivity contribution < 1.29 is 78.9 Å². The maximum Gasteiger partial charge on any atom is 3.00 e. The second-order valence-electron chi connectivity index (χ2n) is 2.11. The van der Waals surface area contributed by atoms with Crippen molar-refractivity contribution in [3.63, 3.8) is 0 Å². The van der Waals surface area contributed by atoms with Crippen molar-refractivity contribution in [1.82, 2.24) is 0 Å². The molecule has 0 unspecified atom stereocenters. The third-order valence-electron chi connectivity index (χ3n) is 0. The van der Waals surface area contributed by atoms with E-state index in [9.17, 15) is 0 Å². The monoisotopic (exact) mass is 443 g/mol. The van der Waals surface area contributed by atoms with Crippen molar-refractivity contribution in [2.75, 3.05) is 18.8 Å². The van der Waals surface area contributed by atoms with Crippen molar-refractivity contribution in [1.29, 1.82) is 0 Å². The van der Waals surface area contributed by atoms with Crippen LogP contribution in [-0.2, 0) is 30.4 Å². The Labute approximate surface area is 127 Å². The standard InChI is InChI=1S/3CH4O3S.Gd/c3*1-5(2,3)4;/h3*1H3,(H,2,3,4);/q;;;+3/p-3. The smallest absolute Gasteiger partial charge is 0.748 e. The molecule has 0 N–H and O–H groups in total. The van der Waals surface area contributed by atoms with Crippen LogP contribution in [0.5, 0.6) is 0 Å². The first-order valence-corrected chi connectivity index (χ1v) is 8.17. The van der Waals surface area contributed by atoms with Crippen LogP contribution in [0.25, 0.3) is 0 Å². The normalized spacial score (nSPS) is 10.9. The zero-order valence-corrected chi connectivity index (χ0v) is 13.0. The van der Waals surface area contributed by atoms with E-state index in [-0.39, 0.29) is 39.9 Å². The summed E-state index contributed by atoms with van der Waals surface area (Å²) in [7, 11) is -11.8. The fourth-order valence-corrected chi connectivity index (χ4v) is 0. The van der Waals surface area contributed by atoms with Crippen molar-refractivity contribution in [2.24, 2.45) is 0 Å². The van der Waals surface area contributed by atoms with E-state index in [4.69, 9.17) is 38.9 Å². The van der Waals surface area contributed by atoms with E-state index in [0.29, 0.717) is 18.8 Å². The maximum absolute atomic E-state index is 9.08. The Kier molecular flexibility index (Phi) is 16.2. The SMILES string of the molecule is CS(=O)(=O)[O-].CS(=O)(=O)[O-].CS(=O)(=O)[O-].[Gd+3]. The Morgan fingerprint density at radius 3 is 0.562 bits per heavy atom. The first-order chi connectivity index (χ1) is 6.00. The van der Waals surface area contributed by atoms with Gasteiger partial charge in [-0.2, -0.15) is 0 Å².